The van der Waals surface area contributed by atoms with E-state index >= 15 is 0 Å². The van der Waals surface area contributed by atoms with Gasteiger partial charge >= 0.3 is 6.09 Å². The predicted molar refractivity (Wildman–Crippen MR) is 112 cm³/mol. The minimum Gasteiger partial charge on any atom is -0.505 e. The summed E-state index contributed by atoms with van der Waals surface area (Å²) in [5, 5.41) is 31.6. The van der Waals surface area contributed by atoms with E-state index in [0.29, 0.717) is 0 Å². The number of ether oxygens (including phenoxy) is 1. The third-order valence-corrected chi connectivity index (χ3v) is 5.57. The first kappa shape index (κ1) is 21.7. The number of rotatable bonds is 6. The average Bonchev–Trinajstić information content (AvgIpc) is 3.13. The molecule has 1 amide bonds. The number of hydrogen-bond donors (Lipinski definition) is 4. The lowest BCUT2D eigenvalue weighted by Gasteiger charge is -2.20. The second kappa shape index (κ2) is 8.94. The minimum absolute atomic E-state index is 0.0658. The maximum Gasteiger partial charge on any atom is 0.407 e. The molecule has 0 radical (unpaired) electrons. The zero-order chi connectivity index (χ0) is 22.8. The predicted octanol–water partition coefficient (Wildman–Crippen LogP) is 3.60. The Labute approximate surface area is 182 Å². The number of phenolic OH excluding ortho intramolecular Hbond substituents is 1. The third kappa shape index (κ3) is 4.02. The smallest absolute Gasteiger partial charge is 0.407 e. The molecule has 0 saturated carbocycles. The van der Waals surface area contributed by atoms with Crippen molar-refractivity contribution in [2.45, 2.75) is 18.1 Å². The van der Waals surface area contributed by atoms with E-state index in [1.165, 1.54) is 0 Å². The van der Waals surface area contributed by atoms with E-state index in [1.807, 2.05) is 48.5 Å². The van der Waals surface area contributed by atoms with Gasteiger partial charge in [0.15, 0.2) is 11.6 Å². The van der Waals surface area contributed by atoms with Crippen LogP contribution in [-0.4, -0.2) is 40.7 Å². The first-order valence-corrected chi connectivity index (χ1v) is 10.00. The number of aromatic hydroxyl groups is 1. The van der Waals surface area contributed by atoms with Crippen molar-refractivity contribution in [1.82, 2.24) is 5.32 Å². The van der Waals surface area contributed by atoms with E-state index < -0.39 is 47.8 Å². The van der Waals surface area contributed by atoms with Crippen LogP contribution < -0.4 is 5.32 Å². The fourth-order valence-corrected chi connectivity index (χ4v) is 3.94. The SMILES string of the molecule is O=C(NCC(O)C(O)c1ccc(O)c(F)c1F)OCC1c2ccccc2-c2ccccc21. The van der Waals surface area contributed by atoms with E-state index in [-0.39, 0.29) is 12.5 Å². The molecule has 0 aliphatic heterocycles. The number of aliphatic hydroxyl groups is 2. The van der Waals surface area contributed by atoms with Crippen LogP contribution in [0, 0.1) is 11.6 Å². The summed E-state index contributed by atoms with van der Waals surface area (Å²) in [5.74, 6) is -4.06. The van der Waals surface area contributed by atoms with E-state index in [0.717, 1.165) is 34.4 Å². The number of nitrogens with one attached hydrogen (secondary N) is 1. The van der Waals surface area contributed by atoms with Gasteiger partial charge in [-0.25, -0.2) is 9.18 Å². The van der Waals surface area contributed by atoms with Gasteiger partial charge in [-0.15, -0.1) is 0 Å². The first-order valence-electron chi connectivity index (χ1n) is 10.00. The Balaban J connectivity index is 1.36. The lowest BCUT2D eigenvalue weighted by molar-refractivity contribution is 0.0161. The largest absolute Gasteiger partial charge is 0.505 e. The first-order chi connectivity index (χ1) is 15.4. The Morgan fingerprint density at radius 3 is 2.16 bits per heavy atom. The quantitative estimate of drug-likeness (QED) is 0.469. The van der Waals surface area contributed by atoms with Gasteiger partial charge in [-0.1, -0.05) is 48.5 Å². The number of phenols is 1. The molecule has 32 heavy (non-hydrogen) atoms. The van der Waals surface area contributed by atoms with Gasteiger partial charge in [0.1, 0.15) is 18.8 Å². The Morgan fingerprint density at radius 1 is 0.938 bits per heavy atom. The average molecular weight is 441 g/mol. The molecule has 8 heteroatoms. The number of amides is 1. The molecule has 2 atom stereocenters. The van der Waals surface area contributed by atoms with Crippen LogP contribution in [0.4, 0.5) is 13.6 Å². The standard InChI is InChI=1S/C24H21F2NO5/c25-21-17(9-10-19(28)22(21)26)23(30)20(29)11-27-24(31)32-12-18-15-7-3-1-5-13(15)14-6-2-4-8-16(14)18/h1-10,18,20,23,28-30H,11-12H2,(H,27,31). The molecule has 0 heterocycles. The normalized spacial score (nSPS) is 14.4. The van der Waals surface area contributed by atoms with Crippen molar-refractivity contribution in [1.29, 1.82) is 0 Å². The maximum atomic E-state index is 13.9. The van der Waals surface area contributed by atoms with Crippen molar-refractivity contribution in [2.75, 3.05) is 13.2 Å². The molecule has 2 unspecified atom stereocenters. The lowest BCUT2D eigenvalue weighted by atomic mass is 9.98. The Morgan fingerprint density at radius 2 is 1.53 bits per heavy atom. The number of carbonyl (C=O) groups is 1. The summed E-state index contributed by atoms with van der Waals surface area (Å²) in [5.41, 5.74) is 3.71. The Bertz CT molecular complexity index is 1110. The third-order valence-electron chi connectivity index (χ3n) is 5.57. The van der Waals surface area contributed by atoms with Crippen LogP contribution >= 0.6 is 0 Å². The fraction of sp³-hybridized carbons (Fsp3) is 0.208. The Kier molecular flexibility index (Phi) is 6.07. The number of hydrogen-bond acceptors (Lipinski definition) is 5. The lowest BCUT2D eigenvalue weighted by Crippen LogP contribution is -2.36. The molecule has 1 aliphatic rings. The second-order valence-electron chi connectivity index (χ2n) is 7.52. The van der Waals surface area contributed by atoms with Gasteiger partial charge in [0.25, 0.3) is 0 Å². The van der Waals surface area contributed by atoms with Crippen LogP contribution in [0.15, 0.2) is 60.7 Å². The molecule has 0 spiro atoms. The highest BCUT2D eigenvalue weighted by molar-refractivity contribution is 5.79. The molecule has 0 fully saturated rings. The van der Waals surface area contributed by atoms with Gasteiger partial charge in [0.2, 0.25) is 5.82 Å². The van der Waals surface area contributed by atoms with Crippen molar-refractivity contribution in [3.05, 3.63) is 89.0 Å². The van der Waals surface area contributed by atoms with E-state index in [9.17, 15) is 23.8 Å². The van der Waals surface area contributed by atoms with Crippen molar-refractivity contribution in [2.24, 2.45) is 0 Å². The molecular weight excluding hydrogens is 420 g/mol. The van der Waals surface area contributed by atoms with Crippen LogP contribution in [0.25, 0.3) is 11.1 Å². The van der Waals surface area contributed by atoms with Gasteiger partial charge in [0, 0.05) is 18.0 Å². The van der Waals surface area contributed by atoms with Gasteiger partial charge in [-0.05, 0) is 34.4 Å². The summed E-state index contributed by atoms with van der Waals surface area (Å²) in [6.45, 7) is -0.393. The van der Waals surface area contributed by atoms with Crippen molar-refractivity contribution >= 4 is 6.09 Å². The molecular formula is C24H21F2NO5. The maximum absolute atomic E-state index is 13.9. The van der Waals surface area contributed by atoms with Crippen LogP contribution in [0.2, 0.25) is 0 Å². The van der Waals surface area contributed by atoms with Crippen LogP contribution in [-0.2, 0) is 4.74 Å². The molecule has 4 rings (SSSR count). The molecule has 166 valence electrons. The summed E-state index contributed by atoms with van der Waals surface area (Å²) < 4.78 is 32.7. The number of halogens is 2. The summed E-state index contributed by atoms with van der Waals surface area (Å²) in [7, 11) is 0. The highest BCUT2D eigenvalue weighted by Crippen LogP contribution is 2.44. The van der Waals surface area contributed by atoms with Crippen LogP contribution in [0.3, 0.4) is 0 Å². The van der Waals surface area contributed by atoms with Gasteiger partial charge in [0.05, 0.1) is 0 Å². The molecule has 0 aromatic heterocycles. The number of fused-ring (bicyclic) bond motifs is 3. The van der Waals surface area contributed by atoms with E-state index in [4.69, 9.17) is 9.84 Å². The van der Waals surface area contributed by atoms with E-state index in [2.05, 4.69) is 5.32 Å². The number of alkyl carbamates (subject to hydrolysis) is 1. The van der Waals surface area contributed by atoms with Crippen LogP contribution in [0.1, 0.15) is 28.7 Å². The topological polar surface area (TPSA) is 99.0 Å². The number of aliphatic hydroxyl groups excluding tert-OH is 2. The zero-order valence-corrected chi connectivity index (χ0v) is 16.8. The second-order valence-corrected chi connectivity index (χ2v) is 7.52. The summed E-state index contributed by atoms with van der Waals surface area (Å²) >= 11 is 0. The highest BCUT2D eigenvalue weighted by Gasteiger charge is 2.29. The monoisotopic (exact) mass is 441 g/mol. The van der Waals surface area contributed by atoms with Crippen LogP contribution in [0.5, 0.6) is 5.75 Å². The Hall–Kier alpha value is -3.49. The molecule has 3 aromatic carbocycles. The summed E-state index contributed by atoms with van der Waals surface area (Å²) in [6, 6.07) is 17.5. The van der Waals surface area contributed by atoms with E-state index in [1.54, 1.807) is 0 Å². The van der Waals surface area contributed by atoms with Crippen molar-refractivity contribution in [3.63, 3.8) is 0 Å². The minimum atomic E-state index is -1.82. The highest BCUT2D eigenvalue weighted by atomic mass is 19.2. The van der Waals surface area contributed by atoms with Gasteiger partial charge in [-0.2, -0.15) is 4.39 Å². The zero-order valence-electron chi connectivity index (χ0n) is 16.8. The molecule has 4 N–H and O–H groups in total. The van der Waals surface area contributed by atoms with Gasteiger partial charge < -0.3 is 25.4 Å². The summed E-state index contributed by atoms with van der Waals surface area (Å²) in [4.78, 5) is 12.2. The molecule has 0 bridgehead atoms. The fourth-order valence-electron chi connectivity index (χ4n) is 3.94. The molecule has 6 nitrogen and oxygen atoms in total. The van der Waals surface area contributed by atoms with Crippen molar-refractivity contribution < 1.29 is 33.6 Å². The number of benzene rings is 3. The van der Waals surface area contributed by atoms with Crippen molar-refractivity contribution in [3.8, 4) is 16.9 Å². The molecule has 1 aliphatic carbocycles. The van der Waals surface area contributed by atoms with Gasteiger partial charge in [-0.3, -0.25) is 0 Å². The molecule has 3 aromatic rings. The summed E-state index contributed by atoms with van der Waals surface area (Å²) in [6.07, 6.45) is -4.27. The number of carbonyl (C=O) groups excluding carboxylic acids is 1. The molecule has 0 saturated heterocycles.